The van der Waals surface area contributed by atoms with E-state index in [2.05, 4.69) is 6.07 Å². The van der Waals surface area contributed by atoms with Gasteiger partial charge in [-0.2, -0.15) is 25.5 Å². The summed E-state index contributed by atoms with van der Waals surface area (Å²) < 4.78 is 70.3. The molecule has 5 nitrogen and oxygen atoms in total. The van der Waals surface area contributed by atoms with Gasteiger partial charge < -0.3 is 10.5 Å². The number of nitrogens with zero attached hydrogens (tertiary/aromatic N) is 1. The Hall–Kier alpha value is -2.62. The number of ether oxygens (including phenoxy) is 1. The first-order chi connectivity index (χ1) is 15.6. The number of aryl methyl sites for hydroxylation is 2. The van der Waals surface area contributed by atoms with Gasteiger partial charge in [0, 0.05) is 24.3 Å². The molecule has 1 atom stereocenters. The minimum absolute atomic E-state index is 0.0115. The maximum atomic E-state index is 13.1. The standard InChI is InChI=1S/C24H26F3N2O3S/c25-24(26,27)17-33(30,31)29(13-3-4-18(15-28)16-29)21-8-11-22(12-9-21)32-23-10-7-19-5-1-2-6-20(19)14-23/h3-4,7-12,14,16H,1-2,5-6,13,15,17,28H2/q+1. The number of alkyl halides is 3. The van der Waals surface area contributed by atoms with E-state index >= 15 is 0 Å². The lowest BCUT2D eigenvalue weighted by Crippen LogP contribution is -2.54. The smallest absolute Gasteiger partial charge is 0.408 e. The van der Waals surface area contributed by atoms with Crippen LogP contribution in [0.25, 0.3) is 0 Å². The third-order valence-electron chi connectivity index (χ3n) is 5.99. The summed E-state index contributed by atoms with van der Waals surface area (Å²) in [6.07, 6.45) is 3.99. The van der Waals surface area contributed by atoms with E-state index in [0.29, 0.717) is 17.1 Å². The van der Waals surface area contributed by atoms with E-state index < -0.39 is 25.8 Å². The van der Waals surface area contributed by atoms with E-state index in [1.165, 1.54) is 42.0 Å². The Morgan fingerprint density at radius 1 is 0.970 bits per heavy atom. The van der Waals surface area contributed by atoms with Crippen LogP contribution in [0.4, 0.5) is 18.9 Å². The van der Waals surface area contributed by atoms with Gasteiger partial charge in [-0.1, -0.05) is 12.1 Å². The molecule has 0 radical (unpaired) electrons. The molecular weight excluding hydrogens is 453 g/mol. The van der Waals surface area contributed by atoms with Crippen LogP contribution in [-0.2, 0) is 22.9 Å². The highest BCUT2D eigenvalue weighted by Crippen LogP contribution is 2.37. The van der Waals surface area contributed by atoms with Gasteiger partial charge >= 0.3 is 16.2 Å². The Kier molecular flexibility index (Phi) is 6.39. The summed E-state index contributed by atoms with van der Waals surface area (Å²) in [6.45, 7) is -0.148. The molecule has 0 bridgehead atoms. The van der Waals surface area contributed by atoms with E-state index in [0.717, 1.165) is 19.3 Å². The molecule has 1 aliphatic carbocycles. The predicted octanol–water partition coefficient (Wildman–Crippen LogP) is 4.97. The molecule has 1 aliphatic heterocycles. The van der Waals surface area contributed by atoms with Crippen molar-refractivity contribution >= 4 is 15.7 Å². The average Bonchev–Trinajstić information content (AvgIpc) is 2.78. The summed E-state index contributed by atoms with van der Waals surface area (Å²) in [7, 11) is -4.69. The summed E-state index contributed by atoms with van der Waals surface area (Å²) in [4.78, 5) is 0. The van der Waals surface area contributed by atoms with Crippen molar-refractivity contribution in [1.29, 1.82) is 0 Å². The average molecular weight is 480 g/mol. The zero-order chi connectivity index (χ0) is 23.7. The van der Waals surface area contributed by atoms with E-state index in [1.807, 2.05) is 12.1 Å². The van der Waals surface area contributed by atoms with Crippen LogP contribution in [0, 0.1) is 0 Å². The Bertz CT molecular complexity index is 1190. The summed E-state index contributed by atoms with van der Waals surface area (Å²) in [6, 6.07) is 12.1. The van der Waals surface area contributed by atoms with Crippen molar-refractivity contribution in [1.82, 2.24) is 3.89 Å². The molecule has 176 valence electrons. The summed E-state index contributed by atoms with van der Waals surface area (Å²) in [5.41, 5.74) is 8.88. The molecule has 2 aromatic carbocycles. The molecule has 4 rings (SSSR count). The molecule has 0 spiro atoms. The molecule has 0 amide bonds. The van der Waals surface area contributed by atoms with Crippen LogP contribution in [0.1, 0.15) is 24.0 Å². The van der Waals surface area contributed by atoms with Gasteiger partial charge in [0.1, 0.15) is 24.2 Å². The van der Waals surface area contributed by atoms with Crippen molar-refractivity contribution in [3.05, 3.63) is 77.5 Å². The van der Waals surface area contributed by atoms with E-state index in [1.54, 1.807) is 18.2 Å². The van der Waals surface area contributed by atoms with Gasteiger partial charge in [-0.25, -0.2) is 0 Å². The third-order valence-corrected chi connectivity index (χ3v) is 8.14. The molecule has 0 fully saturated rings. The second-order valence-corrected chi connectivity index (χ2v) is 10.5. The topological polar surface area (TPSA) is 69.4 Å². The zero-order valence-electron chi connectivity index (χ0n) is 18.0. The van der Waals surface area contributed by atoms with Crippen LogP contribution in [-0.4, -0.2) is 33.4 Å². The predicted molar refractivity (Wildman–Crippen MR) is 122 cm³/mol. The minimum atomic E-state index is -4.86. The number of halogens is 3. The fraction of sp³-hybridized carbons (Fsp3) is 0.333. The largest absolute Gasteiger partial charge is 0.457 e. The van der Waals surface area contributed by atoms with Gasteiger partial charge in [0.05, 0.1) is 0 Å². The van der Waals surface area contributed by atoms with Crippen LogP contribution < -0.4 is 14.4 Å². The molecule has 0 saturated carbocycles. The van der Waals surface area contributed by atoms with E-state index in [-0.39, 0.29) is 18.8 Å². The number of hydrogen-bond donors (Lipinski definition) is 1. The van der Waals surface area contributed by atoms with Crippen molar-refractivity contribution < 1.29 is 26.3 Å². The number of sulfonamides is 1. The molecule has 2 N–H and O–H groups in total. The Morgan fingerprint density at radius 2 is 1.64 bits per heavy atom. The first kappa shape index (κ1) is 23.5. The minimum Gasteiger partial charge on any atom is -0.457 e. The summed E-state index contributed by atoms with van der Waals surface area (Å²) in [5, 5.41) is 0. The van der Waals surface area contributed by atoms with E-state index in [4.69, 9.17) is 10.5 Å². The highest BCUT2D eigenvalue weighted by Gasteiger charge is 2.50. The Labute approximate surface area is 191 Å². The first-order valence-corrected chi connectivity index (χ1v) is 12.4. The zero-order valence-corrected chi connectivity index (χ0v) is 18.8. The number of hydrogen-bond acceptors (Lipinski definition) is 4. The maximum Gasteiger partial charge on any atom is 0.408 e. The van der Waals surface area contributed by atoms with Crippen molar-refractivity contribution in [2.45, 2.75) is 31.9 Å². The summed E-state index contributed by atoms with van der Waals surface area (Å²) in [5.74, 6) is -0.796. The molecule has 9 heteroatoms. The van der Waals surface area contributed by atoms with Crippen LogP contribution in [0.15, 0.2) is 66.4 Å². The fourth-order valence-electron chi connectivity index (χ4n) is 4.38. The van der Waals surface area contributed by atoms with Crippen LogP contribution in [0.2, 0.25) is 0 Å². The van der Waals surface area contributed by atoms with Gasteiger partial charge in [0.25, 0.3) is 0 Å². The number of quaternary nitrogens is 1. The molecule has 0 saturated heterocycles. The van der Waals surface area contributed by atoms with E-state index in [9.17, 15) is 21.6 Å². The number of nitrogens with two attached hydrogens (primary N) is 1. The fourth-order valence-corrected chi connectivity index (χ4v) is 6.07. The highest BCUT2D eigenvalue weighted by molar-refractivity contribution is 7.91. The Balaban J connectivity index is 1.65. The number of fused-ring (bicyclic) bond motifs is 1. The molecule has 0 aromatic heterocycles. The van der Waals surface area contributed by atoms with Crippen molar-refractivity contribution in [2.24, 2.45) is 5.73 Å². The van der Waals surface area contributed by atoms with Crippen molar-refractivity contribution in [3.63, 3.8) is 0 Å². The molecule has 33 heavy (non-hydrogen) atoms. The van der Waals surface area contributed by atoms with Gasteiger partial charge in [0.15, 0.2) is 11.4 Å². The van der Waals surface area contributed by atoms with Crippen molar-refractivity contribution in [2.75, 3.05) is 18.8 Å². The lowest BCUT2D eigenvalue weighted by Gasteiger charge is -2.34. The second-order valence-electron chi connectivity index (χ2n) is 8.36. The molecule has 2 aliphatic rings. The second kappa shape index (κ2) is 8.96. The molecular formula is C24H26F3N2O3S+. The quantitative estimate of drug-likeness (QED) is 0.594. The van der Waals surface area contributed by atoms with Crippen LogP contribution >= 0.6 is 0 Å². The van der Waals surface area contributed by atoms with Crippen LogP contribution in [0.5, 0.6) is 11.5 Å². The summed E-state index contributed by atoms with van der Waals surface area (Å²) >= 11 is 0. The first-order valence-electron chi connectivity index (χ1n) is 10.8. The highest BCUT2D eigenvalue weighted by atomic mass is 32.2. The van der Waals surface area contributed by atoms with Gasteiger partial charge in [-0.05, 0) is 67.2 Å². The molecule has 1 unspecified atom stereocenters. The van der Waals surface area contributed by atoms with Gasteiger partial charge in [0.2, 0.25) is 0 Å². The Morgan fingerprint density at radius 3 is 2.30 bits per heavy atom. The van der Waals surface area contributed by atoms with Crippen molar-refractivity contribution in [3.8, 4) is 11.5 Å². The number of benzene rings is 2. The monoisotopic (exact) mass is 479 g/mol. The van der Waals surface area contributed by atoms with Gasteiger partial charge in [-0.15, -0.1) is 0 Å². The number of rotatable bonds is 6. The normalized spacial score (nSPS) is 20.8. The lowest BCUT2D eigenvalue weighted by atomic mass is 9.92. The van der Waals surface area contributed by atoms with Crippen LogP contribution in [0.3, 0.4) is 0 Å². The SMILES string of the molecule is NCC1=C[N+](c2ccc(Oc3ccc4c(c3)CCCC4)cc2)(S(=O)(=O)CC(F)(F)F)CC=C1. The third kappa shape index (κ3) is 5.00. The molecule has 1 heterocycles. The lowest BCUT2D eigenvalue weighted by molar-refractivity contribution is -0.106. The van der Waals surface area contributed by atoms with Gasteiger partial charge in [-0.3, -0.25) is 0 Å². The molecule has 2 aromatic rings. The maximum absolute atomic E-state index is 13.1.